The first-order valence-corrected chi connectivity index (χ1v) is 10.2. The van der Waals surface area contributed by atoms with Crippen LogP contribution in [-0.2, 0) is 4.79 Å². The molecule has 1 heterocycles. The Hall–Kier alpha value is -2.86. The summed E-state index contributed by atoms with van der Waals surface area (Å²) < 4.78 is 5.55. The Labute approximate surface area is 170 Å². The summed E-state index contributed by atoms with van der Waals surface area (Å²) in [5.41, 5.74) is 3.97. The maximum absolute atomic E-state index is 12.6. The van der Waals surface area contributed by atoms with Gasteiger partial charge in [0.15, 0.2) is 5.13 Å². The molecule has 1 amide bonds. The Balaban J connectivity index is 2.04. The van der Waals surface area contributed by atoms with Gasteiger partial charge in [0.05, 0.1) is 18.5 Å². The normalized spacial score (nSPS) is 11.7. The van der Waals surface area contributed by atoms with E-state index in [2.05, 4.69) is 36.5 Å². The van der Waals surface area contributed by atoms with Crippen LogP contribution in [0, 0.1) is 6.92 Å². The third-order valence-corrected chi connectivity index (χ3v) is 5.35. The van der Waals surface area contributed by atoms with E-state index in [-0.39, 0.29) is 5.91 Å². The van der Waals surface area contributed by atoms with Crippen molar-refractivity contribution in [1.29, 1.82) is 0 Å². The number of amides is 1. The molecule has 28 heavy (non-hydrogen) atoms. The molecule has 1 N–H and O–H groups in total. The number of anilines is 2. The van der Waals surface area contributed by atoms with Gasteiger partial charge in [-0.2, -0.15) is 0 Å². The van der Waals surface area contributed by atoms with E-state index >= 15 is 0 Å². The number of rotatable bonds is 7. The number of carbonyl (C=O) groups is 1. The molecule has 0 saturated carbocycles. The second-order valence-corrected chi connectivity index (χ2v) is 7.33. The van der Waals surface area contributed by atoms with Crippen LogP contribution in [0.25, 0.3) is 11.3 Å². The first-order valence-electron chi connectivity index (χ1n) is 9.27. The molecule has 0 aliphatic carbocycles. The summed E-state index contributed by atoms with van der Waals surface area (Å²) in [4.78, 5) is 19.4. The lowest BCUT2D eigenvalue weighted by atomic mass is 10.1. The minimum Gasteiger partial charge on any atom is -0.495 e. The molecule has 1 atom stereocenters. The second kappa shape index (κ2) is 8.89. The van der Waals surface area contributed by atoms with Gasteiger partial charge in [-0.05, 0) is 32.9 Å². The van der Waals surface area contributed by atoms with Crippen LogP contribution < -0.4 is 15.0 Å². The number of thiazole rings is 1. The van der Waals surface area contributed by atoms with E-state index in [1.807, 2.05) is 48.4 Å². The van der Waals surface area contributed by atoms with E-state index in [9.17, 15) is 4.79 Å². The lowest BCUT2D eigenvalue weighted by Crippen LogP contribution is -2.43. The van der Waals surface area contributed by atoms with Crippen molar-refractivity contribution in [2.45, 2.75) is 26.8 Å². The number of hydrogen-bond acceptors (Lipinski definition) is 5. The van der Waals surface area contributed by atoms with E-state index in [0.29, 0.717) is 12.3 Å². The molecule has 5 nitrogen and oxygen atoms in total. The van der Waals surface area contributed by atoms with Crippen molar-refractivity contribution in [1.82, 2.24) is 10.3 Å². The number of hydrogen-bond donors (Lipinski definition) is 1. The van der Waals surface area contributed by atoms with Gasteiger partial charge in [-0.25, -0.2) is 4.98 Å². The molecule has 0 aliphatic heterocycles. The van der Waals surface area contributed by atoms with Gasteiger partial charge >= 0.3 is 0 Å². The number of aromatic nitrogens is 1. The summed E-state index contributed by atoms with van der Waals surface area (Å²) in [5.74, 6) is 0.645. The molecule has 0 saturated heterocycles. The Morgan fingerprint density at radius 3 is 2.61 bits per heavy atom. The number of nitrogens with one attached hydrogen (secondary N) is 1. The fourth-order valence-electron chi connectivity index (χ4n) is 2.98. The molecule has 1 unspecified atom stereocenters. The number of aryl methyl sites for hydroxylation is 1. The molecule has 0 spiro atoms. The lowest BCUT2D eigenvalue weighted by Gasteiger charge is -2.29. The zero-order valence-corrected chi connectivity index (χ0v) is 17.4. The number of ether oxygens (including phenoxy) is 1. The third-order valence-electron chi connectivity index (χ3n) is 4.51. The fraction of sp³-hybridized carbons (Fsp3) is 0.273. The SMILES string of the molecule is CCNC(=O)C(C)N(c1nc(-c2ccc(C)cc2)cs1)c1ccccc1OC. The Kier molecular flexibility index (Phi) is 6.31. The topological polar surface area (TPSA) is 54.5 Å². The molecular weight excluding hydrogens is 370 g/mol. The van der Waals surface area contributed by atoms with Crippen LogP contribution in [0.15, 0.2) is 53.9 Å². The first kappa shape index (κ1) is 19.9. The predicted molar refractivity (Wildman–Crippen MR) is 116 cm³/mol. The highest BCUT2D eigenvalue weighted by Gasteiger charge is 2.27. The monoisotopic (exact) mass is 395 g/mol. The van der Waals surface area contributed by atoms with Crippen LogP contribution in [0.4, 0.5) is 10.8 Å². The van der Waals surface area contributed by atoms with Crippen molar-refractivity contribution < 1.29 is 9.53 Å². The highest BCUT2D eigenvalue weighted by Crippen LogP contribution is 2.38. The predicted octanol–water partition coefficient (Wildman–Crippen LogP) is 4.79. The highest BCUT2D eigenvalue weighted by atomic mass is 32.1. The highest BCUT2D eigenvalue weighted by molar-refractivity contribution is 7.14. The number of carbonyl (C=O) groups excluding carboxylic acids is 1. The summed E-state index contributed by atoms with van der Waals surface area (Å²) in [7, 11) is 1.63. The van der Waals surface area contributed by atoms with Gasteiger partial charge in [0.1, 0.15) is 11.8 Å². The van der Waals surface area contributed by atoms with Gasteiger partial charge in [-0.3, -0.25) is 4.79 Å². The number of likely N-dealkylation sites (N-methyl/N-ethyl adjacent to an activating group) is 1. The van der Waals surface area contributed by atoms with Crippen LogP contribution in [-0.4, -0.2) is 30.6 Å². The van der Waals surface area contributed by atoms with Gasteiger partial charge in [-0.15, -0.1) is 11.3 Å². The van der Waals surface area contributed by atoms with Crippen molar-refractivity contribution in [2.24, 2.45) is 0 Å². The summed E-state index contributed by atoms with van der Waals surface area (Å²) in [6.45, 7) is 6.43. The third kappa shape index (κ3) is 4.17. The van der Waals surface area contributed by atoms with Crippen LogP contribution in [0.5, 0.6) is 5.75 Å². The minimum absolute atomic E-state index is 0.0551. The van der Waals surface area contributed by atoms with Gasteiger partial charge in [0.2, 0.25) is 5.91 Å². The van der Waals surface area contributed by atoms with Crippen molar-refractivity contribution >= 4 is 28.1 Å². The van der Waals surface area contributed by atoms with Crippen LogP contribution in [0.1, 0.15) is 19.4 Å². The Morgan fingerprint density at radius 2 is 1.93 bits per heavy atom. The lowest BCUT2D eigenvalue weighted by molar-refractivity contribution is -0.121. The minimum atomic E-state index is -0.437. The van der Waals surface area contributed by atoms with Gasteiger partial charge in [0, 0.05) is 17.5 Å². The number of nitrogens with zero attached hydrogens (tertiary/aromatic N) is 2. The van der Waals surface area contributed by atoms with E-state index < -0.39 is 6.04 Å². The van der Waals surface area contributed by atoms with Crippen molar-refractivity contribution in [3.8, 4) is 17.0 Å². The van der Waals surface area contributed by atoms with Gasteiger partial charge in [-0.1, -0.05) is 42.0 Å². The van der Waals surface area contributed by atoms with Crippen molar-refractivity contribution in [2.75, 3.05) is 18.6 Å². The molecule has 3 rings (SSSR count). The van der Waals surface area contributed by atoms with E-state index in [1.165, 1.54) is 16.9 Å². The molecule has 0 fully saturated rings. The number of para-hydroxylation sites is 2. The molecule has 3 aromatic rings. The summed E-state index contributed by atoms with van der Waals surface area (Å²) in [5, 5.41) is 5.67. The van der Waals surface area contributed by atoms with Gasteiger partial charge in [0.25, 0.3) is 0 Å². The maximum Gasteiger partial charge on any atom is 0.242 e. The van der Waals surface area contributed by atoms with Crippen molar-refractivity contribution in [3.63, 3.8) is 0 Å². The maximum atomic E-state index is 12.6. The molecule has 1 aromatic heterocycles. The molecule has 6 heteroatoms. The average molecular weight is 396 g/mol. The van der Waals surface area contributed by atoms with Crippen LogP contribution >= 0.6 is 11.3 Å². The standard InChI is InChI=1S/C22H25N3O2S/c1-5-23-21(26)16(3)25(19-8-6-7-9-20(19)27-4)22-24-18(14-28-22)17-12-10-15(2)11-13-17/h6-14,16H,5H2,1-4H3,(H,23,26). The molecule has 0 aliphatic rings. The molecule has 0 radical (unpaired) electrons. The largest absolute Gasteiger partial charge is 0.495 e. The Morgan fingerprint density at radius 1 is 1.21 bits per heavy atom. The summed E-state index contributed by atoms with van der Waals surface area (Å²) >= 11 is 1.51. The zero-order valence-electron chi connectivity index (χ0n) is 16.6. The smallest absolute Gasteiger partial charge is 0.242 e. The van der Waals surface area contributed by atoms with E-state index in [0.717, 1.165) is 22.1 Å². The summed E-state index contributed by atoms with van der Waals surface area (Å²) in [6.07, 6.45) is 0. The number of methoxy groups -OCH3 is 1. The quantitative estimate of drug-likeness (QED) is 0.625. The average Bonchev–Trinajstić information content (AvgIpc) is 3.19. The van der Waals surface area contributed by atoms with E-state index in [4.69, 9.17) is 9.72 Å². The van der Waals surface area contributed by atoms with E-state index in [1.54, 1.807) is 7.11 Å². The Bertz CT molecular complexity index is 937. The van der Waals surface area contributed by atoms with Crippen LogP contribution in [0.2, 0.25) is 0 Å². The molecule has 146 valence electrons. The number of benzene rings is 2. The zero-order chi connectivity index (χ0) is 20.1. The molecule has 0 bridgehead atoms. The van der Waals surface area contributed by atoms with Crippen LogP contribution in [0.3, 0.4) is 0 Å². The second-order valence-electron chi connectivity index (χ2n) is 6.49. The molecular formula is C22H25N3O2S. The summed E-state index contributed by atoms with van der Waals surface area (Å²) in [6, 6.07) is 15.5. The van der Waals surface area contributed by atoms with Gasteiger partial charge < -0.3 is 15.0 Å². The van der Waals surface area contributed by atoms with Crippen molar-refractivity contribution in [3.05, 3.63) is 59.5 Å². The fourth-order valence-corrected chi connectivity index (χ4v) is 3.90. The molecule has 2 aromatic carbocycles. The first-order chi connectivity index (χ1) is 13.5.